The molecule has 4 fully saturated rings. The van der Waals surface area contributed by atoms with E-state index in [9.17, 15) is 40.9 Å². The number of aliphatic hydroxyl groups excluding tert-OH is 8. The van der Waals surface area contributed by atoms with Crippen molar-refractivity contribution in [1.82, 2.24) is 0 Å². The molecule has 4 aliphatic heterocycles. The van der Waals surface area contributed by atoms with Crippen molar-refractivity contribution in [3.8, 4) is 34.5 Å². The highest BCUT2D eigenvalue weighted by Gasteiger charge is 2.50. The number of rotatable bonds is 12. The van der Waals surface area contributed by atoms with Gasteiger partial charge in [-0.3, -0.25) is 0 Å². The third kappa shape index (κ3) is 6.94. The zero-order valence-corrected chi connectivity index (χ0v) is 28.9. The van der Waals surface area contributed by atoms with Gasteiger partial charge in [0.15, 0.2) is 23.0 Å². The second-order valence-corrected chi connectivity index (χ2v) is 13.0. The topological polar surface area (TPSA) is 254 Å². The van der Waals surface area contributed by atoms with Crippen LogP contribution < -0.4 is 28.4 Å². The molecule has 4 heterocycles. The molecule has 4 aliphatic rings. The first kappa shape index (κ1) is 38.5. The first-order valence-corrected chi connectivity index (χ1v) is 16.7. The van der Waals surface area contributed by atoms with Gasteiger partial charge in [-0.15, -0.1) is 0 Å². The fourth-order valence-corrected chi connectivity index (χ4v) is 7.16. The van der Waals surface area contributed by atoms with Crippen LogP contribution in [0.3, 0.4) is 0 Å². The molecule has 18 heteroatoms. The van der Waals surface area contributed by atoms with Crippen molar-refractivity contribution in [2.45, 2.75) is 73.6 Å². The van der Waals surface area contributed by atoms with E-state index in [1.165, 1.54) is 28.4 Å². The number of hydrogen-bond acceptors (Lipinski definition) is 18. The van der Waals surface area contributed by atoms with E-state index in [2.05, 4.69) is 0 Å². The van der Waals surface area contributed by atoms with Gasteiger partial charge in [0.1, 0.15) is 48.8 Å². The summed E-state index contributed by atoms with van der Waals surface area (Å²) in [6.45, 7) is -0.604. The van der Waals surface area contributed by atoms with Crippen LogP contribution in [-0.2, 0) is 18.9 Å². The van der Waals surface area contributed by atoms with Crippen LogP contribution in [0.4, 0.5) is 0 Å². The number of hydrogen-bond donors (Lipinski definition) is 8. The summed E-state index contributed by atoms with van der Waals surface area (Å²) in [6, 6.07) is 6.78. The van der Waals surface area contributed by atoms with Crippen molar-refractivity contribution in [2.24, 2.45) is 11.8 Å². The summed E-state index contributed by atoms with van der Waals surface area (Å²) in [5.41, 5.74) is 1.37. The van der Waals surface area contributed by atoms with Gasteiger partial charge in [-0.05, 0) is 35.4 Å². The van der Waals surface area contributed by atoms with Gasteiger partial charge in [0, 0.05) is 11.8 Å². The Morgan fingerprint density at radius 2 is 0.846 bits per heavy atom. The molecule has 4 saturated heterocycles. The fourth-order valence-electron chi connectivity index (χ4n) is 7.16. The van der Waals surface area contributed by atoms with Gasteiger partial charge >= 0.3 is 0 Å². The lowest BCUT2D eigenvalue weighted by molar-refractivity contribution is -0.277. The molecule has 0 unspecified atom stereocenters. The van der Waals surface area contributed by atoms with Crippen molar-refractivity contribution < 1.29 is 88.2 Å². The molecule has 0 spiro atoms. The molecule has 18 nitrogen and oxygen atoms in total. The number of benzene rings is 2. The lowest BCUT2D eigenvalue weighted by Gasteiger charge is -2.39. The SMILES string of the molecule is COc1cc([C@H]2OC[C@H]3[C@H]2CO[C@H]3c2cc(OC)c(O[C@@H]3O[C@H](CO)[C@@H](O)[C@H](O)[C@H]3O)c(OC)c2)cc(OC)c1O[C@H]1O[C@@H](CO)[C@H](O)[C@@H](O)[C@@H]1O. The summed E-state index contributed by atoms with van der Waals surface area (Å²) < 4.78 is 58.0. The Kier molecular flexibility index (Phi) is 11.8. The molecule has 290 valence electrons. The second kappa shape index (κ2) is 16.0. The van der Waals surface area contributed by atoms with Gasteiger partial charge < -0.3 is 88.2 Å². The molecular formula is C34H46O18. The number of methoxy groups -OCH3 is 4. The molecule has 2 aromatic carbocycles. The lowest BCUT2D eigenvalue weighted by atomic mass is 9.84. The summed E-state index contributed by atoms with van der Waals surface area (Å²) in [7, 11) is 5.66. The summed E-state index contributed by atoms with van der Waals surface area (Å²) in [4.78, 5) is 0. The van der Waals surface area contributed by atoms with Crippen LogP contribution in [0.1, 0.15) is 23.3 Å². The molecular weight excluding hydrogens is 696 g/mol. The second-order valence-electron chi connectivity index (χ2n) is 13.0. The molecule has 6 rings (SSSR count). The summed E-state index contributed by atoms with van der Waals surface area (Å²) >= 11 is 0. The molecule has 0 aromatic heterocycles. The fraction of sp³-hybridized carbons (Fsp3) is 0.647. The summed E-state index contributed by atoms with van der Waals surface area (Å²) in [5, 5.41) is 81.0. The largest absolute Gasteiger partial charge is 0.493 e. The monoisotopic (exact) mass is 742 g/mol. The third-order valence-electron chi connectivity index (χ3n) is 10.1. The molecule has 8 N–H and O–H groups in total. The average Bonchev–Trinajstić information content (AvgIpc) is 3.78. The predicted octanol–water partition coefficient (Wildman–Crippen LogP) is -1.85. The van der Waals surface area contributed by atoms with E-state index in [0.717, 1.165) is 0 Å². The Morgan fingerprint density at radius 1 is 0.519 bits per heavy atom. The van der Waals surface area contributed by atoms with E-state index in [-0.39, 0.29) is 46.3 Å². The number of ether oxygens (including phenoxy) is 10. The Labute approximate surface area is 298 Å². The van der Waals surface area contributed by atoms with Crippen molar-refractivity contribution in [3.63, 3.8) is 0 Å². The minimum absolute atomic E-state index is 0.0541. The zero-order chi connectivity index (χ0) is 37.4. The molecule has 0 radical (unpaired) electrons. The molecule has 0 bridgehead atoms. The maximum absolute atomic E-state index is 10.5. The van der Waals surface area contributed by atoms with Crippen molar-refractivity contribution in [1.29, 1.82) is 0 Å². The first-order valence-electron chi connectivity index (χ1n) is 16.7. The smallest absolute Gasteiger partial charge is 0.229 e. The van der Waals surface area contributed by atoms with E-state index < -0.39 is 86.8 Å². The maximum atomic E-state index is 10.5. The van der Waals surface area contributed by atoms with Crippen molar-refractivity contribution in [2.75, 3.05) is 54.9 Å². The Hall–Kier alpha value is -3.24. The van der Waals surface area contributed by atoms with Gasteiger partial charge in [-0.2, -0.15) is 0 Å². The van der Waals surface area contributed by atoms with E-state index in [1.807, 2.05) is 0 Å². The van der Waals surface area contributed by atoms with Gasteiger partial charge in [-0.25, -0.2) is 0 Å². The maximum Gasteiger partial charge on any atom is 0.229 e. The van der Waals surface area contributed by atoms with Crippen molar-refractivity contribution in [3.05, 3.63) is 35.4 Å². The van der Waals surface area contributed by atoms with Crippen LogP contribution in [0, 0.1) is 11.8 Å². The van der Waals surface area contributed by atoms with E-state index in [0.29, 0.717) is 24.3 Å². The van der Waals surface area contributed by atoms with Gasteiger partial charge in [0.25, 0.3) is 0 Å². The highest BCUT2D eigenvalue weighted by atomic mass is 16.7. The van der Waals surface area contributed by atoms with Crippen LogP contribution in [0.2, 0.25) is 0 Å². The molecule has 14 atom stereocenters. The highest BCUT2D eigenvalue weighted by Crippen LogP contribution is 2.54. The Balaban J connectivity index is 1.22. The molecule has 0 amide bonds. The normalized spacial score (nSPS) is 37.3. The lowest BCUT2D eigenvalue weighted by Crippen LogP contribution is -2.60. The zero-order valence-electron chi connectivity index (χ0n) is 28.9. The van der Waals surface area contributed by atoms with Gasteiger partial charge in [-0.1, -0.05) is 0 Å². The van der Waals surface area contributed by atoms with Crippen LogP contribution in [0.25, 0.3) is 0 Å². The standard InChI is InChI=1S/C34H46O18/c1-43-17-5-13(6-18(44-2)31(17)51-33-27(41)25(39)23(37)21(9-35)49-33)29-15-11-48-30(16(15)12-47-29)14-7-19(45-3)32(20(8-14)46-4)52-34-28(42)26(40)24(38)22(10-36)50-34/h5-8,15-16,21-30,33-42H,9-12H2,1-4H3/t15-,16+,21+,22-,23+,24-,25-,26+,27+,28-,29-,30+,33-,34+. The van der Waals surface area contributed by atoms with Crippen LogP contribution in [0.15, 0.2) is 24.3 Å². The predicted molar refractivity (Wildman–Crippen MR) is 172 cm³/mol. The summed E-state index contributed by atoms with van der Waals surface area (Å²) in [6.07, 6.45) is -15.9. The highest BCUT2D eigenvalue weighted by molar-refractivity contribution is 5.56. The molecule has 52 heavy (non-hydrogen) atoms. The first-order chi connectivity index (χ1) is 25.0. The molecule has 0 aliphatic carbocycles. The third-order valence-corrected chi connectivity index (χ3v) is 10.1. The van der Waals surface area contributed by atoms with E-state index in [4.69, 9.17) is 47.4 Å². The van der Waals surface area contributed by atoms with Gasteiger partial charge in [0.05, 0.1) is 67.1 Å². The molecule has 0 saturated carbocycles. The van der Waals surface area contributed by atoms with Crippen LogP contribution in [0.5, 0.6) is 34.5 Å². The average molecular weight is 743 g/mol. The number of aliphatic hydroxyl groups is 8. The number of fused-ring (bicyclic) bond motifs is 1. The Morgan fingerprint density at radius 3 is 1.13 bits per heavy atom. The van der Waals surface area contributed by atoms with E-state index in [1.54, 1.807) is 24.3 Å². The molecule has 2 aromatic rings. The Bertz CT molecular complexity index is 1360. The van der Waals surface area contributed by atoms with Gasteiger partial charge in [0.2, 0.25) is 24.1 Å². The summed E-state index contributed by atoms with van der Waals surface area (Å²) in [5.74, 6) is 0.683. The van der Waals surface area contributed by atoms with E-state index >= 15 is 0 Å². The van der Waals surface area contributed by atoms with Crippen LogP contribution in [-0.4, -0.2) is 157 Å². The van der Waals surface area contributed by atoms with Crippen molar-refractivity contribution >= 4 is 0 Å². The quantitative estimate of drug-likeness (QED) is 0.119. The minimum Gasteiger partial charge on any atom is -0.493 e. The van der Waals surface area contributed by atoms with Crippen LogP contribution >= 0.6 is 0 Å². The minimum atomic E-state index is -1.65.